The first-order valence-corrected chi connectivity index (χ1v) is 7.11. The molecule has 112 valence electrons. The summed E-state index contributed by atoms with van der Waals surface area (Å²) in [7, 11) is 1.64. The van der Waals surface area contributed by atoms with E-state index in [1.807, 2.05) is 13.0 Å². The summed E-state index contributed by atoms with van der Waals surface area (Å²) < 4.78 is 5.11. The molecule has 5 nitrogen and oxygen atoms in total. The van der Waals surface area contributed by atoms with Crippen molar-refractivity contribution in [3.8, 4) is 0 Å². The molecule has 0 amide bonds. The van der Waals surface area contributed by atoms with Gasteiger partial charge in [0.2, 0.25) is 0 Å². The molecule has 21 heavy (non-hydrogen) atoms. The number of rotatable bonds is 7. The summed E-state index contributed by atoms with van der Waals surface area (Å²) in [4.78, 5) is 8.84. The molecule has 0 saturated carbocycles. The van der Waals surface area contributed by atoms with Gasteiger partial charge >= 0.3 is 0 Å². The molecule has 1 heterocycles. The summed E-state index contributed by atoms with van der Waals surface area (Å²) in [6.45, 7) is 6.08. The van der Waals surface area contributed by atoms with Gasteiger partial charge in [-0.3, -0.25) is 0 Å². The van der Waals surface area contributed by atoms with Gasteiger partial charge in [-0.05, 0) is 19.4 Å². The lowest BCUT2D eigenvalue weighted by molar-refractivity contribution is 0.178. The fourth-order valence-corrected chi connectivity index (χ4v) is 1.95. The van der Waals surface area contributed by atoms with Crippen LogP contribution in [0.1, 0.15) is 23.9 Å². The molecule has 0 spiro atoms. The Balaban J connectivity index is 2.08. The minimum Gasteiger partial charge on any atom is -0.377 e. The third-order valence-electron chi connectivity index (χ3n) is 3.00. The van der Waals surface area contributed by atoms with Crippen LogP contribution >= 0.6 is 0 Å². The van der Waals surface area contributed by atoms with E-state index < -0.39 is 0 Å². The van der Waals surface area contributed by atoms with Crippen molar-refractivity contribution in [3.05, 3.63) is 47.3 Å². The lowest BCUT2D eigenvalue weighted by atomic mass is 10.1. The van der Waals surface area contributed by atoms with E-state index in [1.54, 1.807) is 7.11 Å². The molecule has 2 N–H and O–H groups in total. The first-order valence-electron chi connectivity index (χ1n) is 7.11. The van der Waals surface area contributed by atoms with Crippen LogP contribution in [-0.2, 0) is 17.9 Å². The number of aromatic nitrogens is 2. The van der Waals surface area contributed by atoms with E-state index in [0.29, 0.717) is 12.4 Å². The van der Waals surface area contributed by atoms with Gasteiger partial charge < -0.3 is 15.4 Å². The molecule has 0 aliphatic rings. The molecule has 0 radical (unpaired) electrons. The number of anilines is 2. The standard InChI is InChI=1S/C16H22N4O/c1-4-17-14-9-15(20-16(19-14)11-21-3)18-10-13-7-5-12(2)6-8-13/h5-9H,4,10-11H2,1-3H3,(H2,17,18,19,20). The van der Waals surface area contributed by atoms with Crippen LogP contribution in [-0.4, -0.2) is 23.6 Å². The van der Waals surface area contributed by atoms with Crippen LogP contribution in [0.15, 0.2) is 30.3 Å². The zero-order valence-corrected chi connectivity index (χ0v) is 12.8. The Morgan fingerprint density at radius 3 is 2.33 bits per heavy atom. The molecule has 5 heteroatoms. The second-order valence-electron chi connectivity index (χ2n) is 4.86. The van der Waals surface area contributed by atoms with E-state index in [9.17, 15) is 0 Å². The van der Waals surface area contributed by atoms with Gasteiger partial charge in [0, 0.05) is 26.3 Å². The minimum absolute atomic E-state index is 0.401. The Kier molecular flexibility index (Phi) is 5.51. The van der Waals surface area contributed by atoms with Crippen molar-refractivity contribution in [2.75, 3.05) is 24.3 Å². The Labute approximate surface area is 125 Å². The SMILES string of the molecule is CCNc1cc(NCc2ccc(C)cc2)nc(COC)n1. The molecule has 0 fully saturated rings. The number of ether oxygens (including phenoxy) is 1. The van der Waals surface area contributed by atoms with Gasteiger partial charge in [0.15, 0.2) is 5.82 Å². The lowest BCUT2D eigenvalue weighted by Crippen LogP contribution is -2.08. The van der Waals surface area contributed by atoms with E-state index in [0.717, 1.165) is 24.7 Å². The van der Waals surface area contributed by atoms with Gasteiger partial charge in [0.25, 0.3) is 0 Å². The van der Waals surface area contributed by atoms with E-state index in [4.69, 9.17) is 4.74 Å². The third kappa shape index (κ3) is 4.72. The summed E-state index contributed by atoms with van der Waals surface area (Å²) in [6.07, 6.45) is 0. The molecule has 0 atom stereocenters. The predicted molar refractivity (Wildman–Crippen MR) is 85.4 cm³/mol. The number of hydrogen-bond donors (Lipinski definition) is 2. The molecular formula is C16H22N4O. The zero-order chi connectivity index (χ0) is 15.1. The molecule has 1 aromatic heterocycles. The number of nitrogens with one attached hydrogen (secondary N) is 2. The number of nitrogens with zero attached hydrogens (tertiary/aromatic N) is 2. The molecule has 1 aromatic carbocycles. The summed E-state index contributed by atoms with van der Waals surface area (Å²) >= 11 is 0. The zero-order valence-electron chi connectivity index (χ0n) is 12.8. The first kappa shape index (κ1) is 15.3. The largest absolute Gasteiger partial charge is 0.377 e. The van der Waals surface area contributed by atoms with Crippen LogP contribution in [0, 0.1) is 6.92 Å². The molecule has 0 saturated heterocycles. The molecular weight excluding hydrogens is 264 g/mol. The first-order chi connectivity index (χ1) is 10.2. The summed E-state index contributed by atoms with van der Waals surface area (Å²) in [5.41, 5.74) is 2.48. The average Bonchev–Trinajstić information content (AvgIpc) is 2.47. The maximum atomic E-state index is 5.11. The second kappa shape index (κ2) is 7.59. The van der Waals surface area contributed by atoms with Crippen molar-refractivity contribution in [1.82, 2.24) is 9.97 Å². The van der Waals surface area contributed by atoms with E-state index in [2.05, 4.69) is 51.8 Å². The molecule has 0 aliphatic carbocycles. The molecule has 0 bridgehead atoms. The Morgan fingerprint density at radius 1 is 1.05 bits per heavy atom. The maximum Gasteiger partial charge on any atom is 0.158 e. The van der Waals surface area contributed by atoms with Gasteiger partial charge in [0.1, 0.15) is 18.2 Å². The van der Waals surface area contributed by atoms with Crippen LogP contribution in [0.4, 0.5) is 11.6 Å². The fourth-order valence-electron chi connectivity index (χ4n) is 1.95. The average molecular weight is 286 g/mol. The van der Waals surface area contributed by atoms with Crippen LogP contribution in [0.2, 0.25) is 0 Å². The van der Waals surface area contributed by atoms with E-state index in [1.165, 1.54) is 11.1 Å². The van der Waals surface area contributed by atoms with Crippen molar-refractivity contribution in [1.29, 1.82) is 0 Å². The van der Waals surface area contributed by atoms with Gasteiger partial charge in [0.05, 0.1) is 0 Å². The predicted octanol–water partition coefficient (Wildman–Crippen LogP) is 2.98. The lowest BCUT2D eigenvalue weighted by Gasteiger charge is -2.10. The van der Waals surface area contributed by atoms with Crippen molar-refractivity contribution in [2.24, 2.45) is 0 Å². The van der Waals surface area contributed by atoms with Gasteiger partial charge in [-0.15, -0.1) is 0 Å². The van der Waals surface area contributed by atoms with Crippen molar-refractivity contribution in [2.45, 2.75) is 27.0 Å². The van der Waals surface area contributed by atoms with E-state index >= 15 is 0 Å². The third-order valence-corrected chi connectivity index (χ3v) is 3.00. The Hall–Kier alpha value is -2.14. The molecule has 0 unspecified atom stereocenters. The van der Waals surface area contributed by atoms with Crippen LogP contribution in [0.3, 0.4) is 0 Å². The summed E-state index contributed by atoms with van der Waals surface area (Å²) in [5, 5.41) is 6.54. The number of benzene rings is 1. The molecule has 2 aromatic rings. The smallest absolute Gasteiger partial charge is 0.158 e. The number of methoxy groups -OCH3 is 1. The fraction of sp³-hybridized carbons (Fsp3) is 0.375. The van der Waals surface area contributed by atoms with Crippen LogP contribution < -0.4 is 10.6 Å². The molecule has 0 aliphatic heterocycles. The monoisotopic (exact) mass is 286 g/mol. The van der Waals surface area contributed by atoms with Crippen LogP contribution in [0.25, 0.3) is 0 Å². The maximum absolute atomic E-state index is 5.11. The van der Waals surface area contributed by atoms with Gasteiger partial charge in [-0.2, -0.15) is 0 Å². The van der Waals surface area contributed by atoms with Gasteiger partial charge in [-0.25, -0.2) is 9.97 Å². The van der Waals surface area contributed by atoms with Crippen molar-refractivity contribution in [3.63, 3.8) is 0 Å². The highest BCUT2D eigenvalue weighted by molar-refractivity contribution is 5.47. The van der Waals surface area contributed by atoms with Crippen molar-refractivity contribution >= 4 is 11.6 Å². The minimum atomic E-state index is 0.401. The van der Waals surface area contributed by atoms with Crippen LogP contribution in [0.5, 0.6) is 0 Å². The number of aryl methyl sites for hydroxylation is 1. The Morgan fingerprint density at radius 2 is 1.71 bits per heavy atom. The highest BCUT2D eigenvalue weighted by atomic mass is 16.5. The normalized spacial score (nSPS) is 10.4. The Bertz CT molecular complexity index is 545. The topological polar surface area (TPSA) is 59.1 Å². The summed E-state index contributed by atoms with van der Waals surface area (Å²) in [6, 6.07) is 10.4. The summed E-state index contributed by atoms with van der Waals surface area (Å²) in [5.74, 6) is 2.28. The van der Waals surface area contributed by atoms with Crippen molar-refractivity contribution < 1.29 is 4.74 Å². The quantitative estimate of drug-likeness (QED) is 0.819. The van der Waals surface area contributed by atoms with Gasteiger partial charge in [-0.1, -0.05) is 29.8 Å². The highest BCUT2D eigenvalue weighted by Crippen LogP contribution is 2.13. The molecule has 2 rings (SSSR count). The second-order valence-corrected chi connectivity index (χ2v) is 4.86. The highest BCUT2D eigenvalue weighted by Gasteiger charge is 2.04. The number of hydrogen-bond acceptors (Lipinski definition) is 5. The van der Waals surface area contributed by atoms with E-state index in [-0.39, 0.29) is 0 Å².